The van der Waals surface area contributed by atoms with E-state index in [1.165, 1.54) is 25.7 Å². The highest BCUT2D eigenvalue weighted by atomic mass is 16.5. The van der Waals surface area contributed by atoms with Crippen LogP contribution in [0.5, 0.6) is 0 Å². The topological polar surface area (TPSA) is 52.0 Å². The first kappa shape index (κ1) is 10.5. The van der Waals surface area contributed by atoms with Crippen LogP contribution >= 0.6 is 0 Å². The van der Waals surface area contributed by atoms with Gasteiger partial charge in [0.25, 0.3) is 0 Å². The van der Waals surface area contributed by atoms with Gasteiger partial charge in [-0.3, -0.25) is 0 Å². The molecule has 84 valence electrons. The summed E-state index contributed by atoms with van der Waals surface area (Å²) in [5, 5.41) is 3.93. The van der Waals surface area contributed by atoms with Crippen molar-refractivity contribution in [2.45, 2.75) is 57.8 Å². The van der Waals surface area contributed by atoms with E-state index in [2.05, 4.69) is 19.0 Å². The summed E-state index contributed by atoms with van der Waals surface area (Å²) >= 11 is 0. The molecule has 15 heavy (non-hydrogen) atoms. The van der Waals surface area contributed by atoms with E-state index >= 15 is 0 Å². The Kier molecular flexibility index (Phi) is 2.72. The zero-order valence-corrected chi connectivity index (χ0v) is 9.68. The monoisotopic (exact) mass is 208 g/mol. The second-order valence-electron chi connectivity index (χ2n) is 4.89. The molecule has 3 nitrogen and oxygen atoms in total. The van der Waals surface area contributed by atoms with Crippen LogP contribution in [0, 0.1) is 0 Å². The number of nitrogen functional groups attached to an aromatic ring is 1. The van der Waals surface area contributed by atoms with Crippen molar-refractivity contribution in [2.75, 3.05) is 5.73 Å². The molecule has 0 unspecified atom stereocenters. The third kappa shape index (κ3) is 1.75. The zero-order chi connectivity index (χ0) is 10.9. The maximum atomic E-state index is 5.85. The predicted octanol–water partition coefficient (Wildman–Crippen LogP) is 3.04. The second kappa shape index (κ2) is 3.87. The average Bonchev–Trinajstić information content (AvgIpc) is 2.77. The van der Waals surface area contributed by atoms with E-state index < -0.39 is 0 Å². The number of aromatic nitrogens is 1. The van der Waals surface area contributed by atoms with E-state index in [9.17, 15) is 0 Å². The van der Waals surface area contributed by atoms with Crippen molar-refractivity contribution >= 4 is 5.82 Å². The van der Waals surface area contributed by atoms with Gasteiger partial charge in [0.2, 0.25) is 0 Å². The molecule has 0 spiro atoms. The minimum absolute atomic E-state index is 0.190. The van der Waals surface area contributed by atoms with Crippen LogP contribution in [0.1, 0.15) is 57.3 Å². The minimum Gasteiger partial charge on any atom is -0.381 e. The Morgan fingerprint density at radius 3 is 2.67 bits per heavy atom. The molecule has 1 heterocycles. The predicted molar refractivity (Wildman–Crippen MR) is 60.7 cm³/mol. The van der Waals surface area contributed by atoms with Gasteiger partial charge in [-0.1, -0.05) is 38.3 Å². The highest BCUT2D eigenvalue weighted by Crippen LogP contribution is 2.43. The van der Waals surface area contributed by atoms with Crippen molar-refractivity contribution in [1.82, 2.24) is 5.16 Å². The van der Waals surface area contributed by atoms with Gasteiger partial charge in [-0.2, -0.15) is 0 Å². The molecule has 2 rings (SSSR count). The van der Waals surface area contributed by atoms with Gasteiger partial charge in [0.15, 0.2) is 5.82 Å². The Morgan fingerprint density at radius 1 is 1.40 bits per heavy atom. The Bertz CT molecular complexity index is 337. The SMILES string of the molecule is CCCc1c(N)noc1C1(C)CCCC1. The van der Waals surface area contributed by atoms with Gasteiger partial charge >= 0.3 is 0 Å². The van der Waals surface area contributed by atoms with E-state index in [1.807, 2.05) is 0 Å². The first-order valence-corrected chi connectivity index (χ1v) is 5.92. The molecular formula is C12H20N2O. The summed E-state index contributed by atoms with van der Waals surface area (Å²) < 4.78 is 5.46. The van der Waals surface area contributed by atoms with Crippen LogP contribution in [-0.2, 0) is 11.8 Å². The summed E-state index contributed by atoms with van der Waals surface area (Å²) in [6.07, 6.45) is 7.08. The first-order valence-electron chi connectivity index (χ1n) is 5.92. The van der Waals surface area contributed by atoms with E-state index in [0.29, 0.717) is 5.82 Å². The van der Waals surface area contributed by atoms with E-state index in [-0.39, 0.29) is 5.41 Å². The Morgan fingerprint density at radius 2 is 2.07 bits per heavy atom. The highest BCUT2D eigenvalue weighted by Gasteiger charge is 2.36. The lowest BCUT2D eigenvalue weighted by atomic mass is 9.83. The lowest BCUT2D eigenvalue weighted by Crippen LogP contribution is -2.18. The smallest absolute Gasteiger partial charge is 0.170 e. The molecule has 0 amide bonds. The first-order chi connectivity index (χ1) is 7.17. The molecule has 1 aliphatic rings. The van der Waals surface area contributed by atoms with Crippen molar-refractivity contribution in [3.63, 3.8) is 0 Å². The minimum atomic E-state index is 0.190. The molecular weight excluding hydrogens is 188 g/mol. The molecule has 3 heteroatoms. The van der Waals surface area contributed by atoms with E-state index in [0.717, 1.165) is 24.2 Å². The van der Waals surface area contributed by atoms with Crippen LogP contribution in [0.25, 0.3) is 0 Å². The van der Waals surface area contributed by atoms with Crippen LogP contribution in [0.3, 0.4) is 0 Å². The molecule has 1 aromatic heterocycles. The normalized spacial score (nSPS) is 19.6. The number of rotatable bonds is 3. The highest BCUT2D eigenvalue weighted by molar-refractivity contribution is 5.43. The fourth-order valence-electron chi connectivity index (χ4n) is 2.67. The maximum Gasteiger partial charge on any atom is 0.170 e. The van der Waals surface area contributed by atoms with Crippen molar-refractivity contribution in [2.24, 2.45) is 0 Å². The van der Waals surface area contributed by atoms with Crippen molar-refractivity contribution in [3.8, 4) is 0 Å². The second-order valence-corrected chi connectivity index (χ2v) is 4.89. The largest absolute Gasteiger partial charge is 0.381 e. The summed E-state index contributed by atoms with van der Waals surface area (Å²) in [5.41, 5.74) is 7.19. The van der Waals surface area contributed by atoms with Crippen molar-refractivity contribution in [1.29, 1.82) is 0 Å². The Labute approximate surface area is 91.0 Å². The third-order valence-electron chi connectivity index (χ3n) is 3.57. The molecule has 0 atom stereocenters. The Hall–Kier alpha value is -0.990. The quantitative estimate of drug-likeness (QED) is 0.830. The van der Waals surface area contributed by atoms with Gasteiger partial charge in [0.1, 0.15) is 5.76 Å². The Balaban J connectivity index is 2.34. The van der Waals surface area contributed by atoms with Gasteiger partial charge in [0.05, 0.1) is 0 Å². The number of hydrogen-bond acceptors (Lipinski definition) is 3. The zero-order valence-electron chi connectivity index (χ0n) is 9.68. The summed E-state index contributed by atoms with van der Waals surface area (Å²) in [7, 11) is 0. The summed E-state index contributed by atoms with van der Waals surface area (Å²) in [6.45, 7) is 4.44. The van der Waals surface area contributed by atoms with Gasteiger partial charge in [-0.25, -0.2) is 0 Å². The van der Waals surface area contributed by atoms with Crippen LogP contribution < -0.4 is 5.73 Å². The van der Waals surface area contributed by atoms with Gasteiger partial charge in [-0.05, 0) is 19.3 Å². The fourth-order valence-corrected chi connectivity index (χ4v) is 2.67. The van der Waals surface area contributed by atoms with Crippen molar-refractivity contribution in [3.05, 3.63) is 11.3 Å². The van der Waals surface area contributed by atoms with Crippen LogP contribution in [0.2, 0.25) is 0 Å². The number of nitrogens with two attached hydrogens (primary N) is 1. The number of hydrogen-bond donors (Lipinski definition) is 1. The molecule has 2 N–H and O–H groups in total. The van der Waals surface area contributed by atoms with Gasteiger partial charge in [0, 0.05) is 11.0 Å². The molecule has 0 aromatic carbocycles. The summed E-state index contributed by atoms with van der Waals surface area (Å²) in [6, 6.07) is 0. The molecule has 0 bridgehead atoms. The lowest BCUT2D eigenvalue weighted by molar-refractivity contribution is 0.303. The summed E-state index contributed by atoms with van der Waals surface area (Å²) in [5.74, 6) is 1.65. The maximum absolute atomic E-state index is 5.85. The molecule has 1 aromatic rings. The average molecular weight is 208 g/mol. The fraction of sp³-hybridized carbons (Fsp3) is 0.750. The molecule has 0 radical (unpaired) electrons. The van der Waals surface area contributed by atoms with Crippen molar-refractivity contribution < 1.29 is 4.52 Å². The molecule has 1 fully saturated rings. The molecule has 0 aliphatic heterocycles. The molecule has 1 aliphatic carbocycles. The van der Waals surface area contributed by atoms with E-state index in [1.54, 1.807) is 0 Å². The van der Waals surface area contributed by atoms with Crippen LogP contribution in [0.15, 0.2) is 4.52 Å². The van der Waals surface area contributed by atoms with Gasteiger partial charge in [-0.15, -0.1) is 0 Å². The van der Waals surface area contributed by atoms with E-state index in [4.69, 9.17) is 10.3 Å². The van der Waals surface area contributed by atoms with Gasteiger partial charge < -0.3 is 10.3 Å². The number of anilines is 1. The van der Waals surface area contributed by atoms with Crippen LogP contribution in [0.4, 0.5) is 5.82 Å². The third-order valence-corrected chi connectivity index (χ3v) is 3.57. The molecule has 1 saturated carbocycles. The molecule has 0 saturated heterocycles. The summed E-state index contributed by atoms with van der Waals surface area (Å²) in [4.78, 5) is 0. The standard InChI is InChI=1S/C12H20N2O/c1-3-6-9-10(15-14-11(9)13)12(2)7-4-5-8-12/h3-8H2,1-2H3,(H2,13,14). The van der Waals surface area contributed by atoms with Crippen LogP contribution in [-0.4, -0.2) is 5.16 Å². The lowest BCUT2D eigenvalue weighted by Gasteiger charge is -2.21. The number of nitrogens with zero attached hydrogens (tertiary/aromatic N) is 1.